The van der Waals surface area contributed by atoms with E-state index in [0.29, 0.717) is 12.2 Å². The van der Waals surface area contributed by atoms with Crippen molar-refractivity contribution >= 4 is 27.5 Å². The molecular formula is C36H40FN3O5S. The fraction of sp³-hybridized carbons (Fsp3) is 0.278. The van der Waals surface area contributed by atoms with Gasteiger partial charge in [-0.15, -0.1) is 0 Å². The van der Waals surface area contributed by atoms with Crippen molar-refractivity contribution in [3.05, 3.63) is 126 Å². The molecule has 0 fully saturated rings. The molecule has 242 valence electrons. The Morgan fingerprint density at radius 3 is 2.15 bits per heavy atom. The largest absolute Gasteiger partial charge is 0.497 e. The fourth-order valence-corrected chi connectivity index (χ4v) is 6.43. The van der Waals surface area contributed by atoms with E-state index in [1.165, 1.54) is 48.4 Å². The Balaban J connectivity index is 1.80. The number of nitrogens with one attached hydrogen (secondary N) is 1. The number of carbonyl (C=O) groups is 2. The zero-order valence-corrected chi connectivity index (χ0v) is 27.3. The van der Waals surface area contributed by atoms with Gasteiger partial charge >= 0.3 is 0 Å². The van der Waals surface area contributed by atoms with Gasteiger partial charge in [-0.2, -0.15) is 0 Å². The number of hydrogen-bond donors (Lipinski definition) is 1. The van der Waals surface area contributed by atoms with Crippen molar-refractivity contribution in [1.29, 1.82) is 0 Å². The number of halogens is 1. The maximum Gasteiger partial charge on any atom is 0.264 e. The highest BCUT2D eigenvalue weighted by Crippen LogP contribution is 2.27. The van der Waals surface area contributed by atoms with E-state index in [4.69, 9.17) is 4.74 Å². The first-order chi connectivity index (χ1) is 22.0. The van der Waals surface area contributed by atoms with Crippen LogP contribution < -0.4 is 14.4 Å². The number of rotatable bonds is 14. The Labute approximate surface area is 270 Å². The minimum atomic E-state index is -4.32. The van der Waals surface area contributed by atoms with E-state index in [1.807, 2.05) is 75.4 Å². The molecule has 2 unspecified atom stereocenters. The predicted molar refractivity (Wildman–Crippen MR) is 177 cm³/mol. The maximum atomic E-state index is 14.5. The summed E-state index contributed by atoms with van der Waals surface area (Å²) >= 11 is 0. The summed E-state index contributed by atoms with van der Waals surface area (Å²) < 4.78 is 48.3. The van der Waals surface area contributed by atoms with Crippen LogP contribution in [-0.2, 0) is 32.6 Å². The normalized spacial score (nSPS) is 12.5. The average molecular weight is 646 g/mol. The average Bonchev–Trinajstić information content (AvgIpc) is 3.06. The van der Waals surface area contributed by atoms with Crippen molar-refractivity contribution < 1.29 is 27.1 Å². The molecule has 0 aliphatic carbocycles. The Morgan fingerprint density at radius 2 is 1.54 bits per heavy atom. The number of ether oxygens (including phenoxy) is 1. The van der Waals surface area contributed by atoms with Crippen molar-refractivity contribution in [1.82, 2.24) is 10.2 Å². The molecule has 0 heterocycles. The third-order valence-electron chi connectivity index (χ3n) is 7.75. The smallest absolute Gasteiger partial charge is 0.264 e. The van der Waals surface area contributed by atoms with Gasteiger partial charge in [0.1, 0.15) is 24.2 Å². The molecule has 0 aromatic heterocycles. The minimum absolute atomic E-state index is 0.0613. The lowest BCUT2D eigenvalue weighted by atomic mass is 10.0. The summed E-state index contributed by atoms with van der Waals surface area (Å²) in [5, 5.41) is 3.02. The first-order valence-corrected chi connectivity index (χ1v) is 16.6. The molecule has 1 N–H and O–H groups in total. The van der Waals surface area contributed by atoms with Crippen LogP contribution in [-0.4, -0.2) is 50.9 Å². The zero-order chi connectivity index (χ0) is 33.3. The van der Waals surface area contributed by atoms with Gasteiger partial charge in [0.15, 0.2) is 0 Å². The predicted octanol–water partition coefficient (Wildman–Crippen LogP) is 5.89. The summed E-state index contributed by atoms with van der Waals surface area (Å²) in [5.74, 6) is -1.03. The molecule has 0 saturated heterocycles. The van der Waals surface area contributed by atoms with E-state index in [0.717, 1.165) is 33.1 Å². The highest BCUT2D eigenvalue weighted by atomic mass is 32.2. The number of methoxy groups -OCH3 is 1. The third kappa shape index (κ3) is 8.72. The van der Waals surface area contributed by atoms with E-state index in [2.05, 4.69) is 5.32 Å². The summed E-state index contributed by atoms with van der Waals surface area (Å²) in [4.78, 5) is 29.8. The molecule has 4 rings (SSSR count). The minimum Gasteiger partial charge on any atom is -0.497 e. The summed E-state index contributed by atoms with van der Waals surface area (Å²) in [7, 11) is -2.85. The van der Waals surface area contributed by atoms with Crippen LogP contribution in [0.2, 0.25) is 0 Å². The van der Waals surface area contributed by atoms with E-state index in [-0.39, 0.29) is 35.5 Å². The van der Waals surface area contributed by atoms with Crippen LogP contribution in [0.5, 0.6) is 5.75 Å². The zero-order valence-electron chi connectivity index (χ0n) is 26.5. The van der Waals surface area contributed by atoms with E-state index in [1.54, 1.807) is 0 Å². The van der Waals surface area contributed by atoms with Gasteiger partial charge in [-0.25, -0.2) is 12.8 Å². The van der Waals surface area contributed by atoms with Crippen molar-refractivity contribution in [2.24, 2.45) is 0 Å². The lowest BCUT2D eigenvalue weighted by Crippen LogP contribution is -2.54. The molecule has 2 atom stereocenters. The van der Waals surface area contributed by atoms with E-state index in [9.17, 15) is 22.4 Å². The summed E-state index contributed by atoms with van der Waals surface area (Å²) in [6.07, 6.45) is 0.899. The van der Waals surface area contributed by atoms with Gasteiger partial charge in [0.25, 0.3) is 10.0 Å². The Hall–Kier alpha value is -4.70. The number of hydrogen-bond acceptors (Lipinski definition) is 5. The number of anilines is 1. The number of carbonyl (C=O) groups excluding carboxylic acids is 2. The molecule has 0 aliphatic rings. The molecule has 2 amide bonds. The van der Waals surface area contributed by atoms with Crippen molar-refractivity contribution in [3.63, 3.8) is 0 Å². The van der Waals surface area contributed by atoms with Crippen LogP contribution in [0.1, 0.15) is 37.0 Å². The summed E-state index contributed by atoms with van der Waals surface area (Å²) in [5.41, 5.74) is 2.71. The molecular weight excluding hydrogens is 605 g/mol. The lowest BCUT2D eigenvalue weighted by Gasteiger charge is -2.34. The Kier molecular flexibility index (Phi) is 11.5. The van der Waals surface area contributed by atoms with Crippen molar-refractivity contribution in [2.75, 3.05) is 18.0 Å². The molecule has 0 aliphatic heterocycles. The van der Waals surface area contributed by atoms with E-state index >= 15 is 0 Å². The van der Waals surface area contributed by atoms with Gasteiger partial charge in [0.2, 0.25) is 11.8 Å². The molecule has 10 heteroatoms. The summed E-state index contributed by atoms with van der Waals surface area (Å²) in [6, 6.07) is 26.6. The van der Waals surface area contributed by atoms with Crippen LogP contribution in [0, 0.1) is 12.7 Å². The highest BCUT2D eigenvalue weighted by Gasteiger charge is 2.35. The molecule has 4 aromatic carbocycles. The molecule has 46 heavy (non-hydrogen) atoms. The monoisotopic (exact) mass is 645 g/mol. The number of amides is 2. The Morgan fingerprint density at radius 1 is 0.891 bits per heavy atom. The third-order valence-corrected chi connectivity index (χ3v) is 9.54. The van der Waals surface area contributed by atoms with Gasteiger partial charge in [-0.1, -0.05) is 67.1 Å². The first-order valence-electron chi connectivity index (χ1n) is 15.1. The van der Waals surface area contributed by atoms with Crippen LogP contribution in [0.4, 0.5) is 10.1 Å². The maximum absolute atomic E-state index is 14.5. The molecule has 8 nitrogen and oxygen atoms in total. The summed E-state index contributed by atoms with van der Waals surface area (Å²) in [6.45, 7) is 5.21. The number of benzene rings is 4. The van der Waals surface area contributed by atoms with Gasteiger partial charge in [0.05, 0.1) is 17.7 Å². The van der Waals surface area contributed by atoms with Crippen LogP contribution in [0.3, 0.4) is 0 Å². The topological polar surface area (TPSA) is 96.0 Å². The molecule has 0 spiro atoms. The quantitative estimate of drug-likeness (QED) is 0.185. The van der Waals surface area contributed by atoms with Crippen molar-refractivity contribution in [2.45, 2.75) is 57.1 Å². The highest BCUT2D eigenvalue weighted by molar-refractivity contribution is 7.92. The second-order valence-corrected chi connectivity index (χ2v) is 13.1. The second-order valence-electron chi connectivity index (χ2n) is 11.2. The van der Waals surface area contributed by atoms with Crippen LogP contribution >= 0.6 is 0 Å². The van der Waals surface area contributed by atoms with Gasteiger partial charge in [-0.3, -0.25) is 13.9 Å². The molecule has 0 bridgehead atoms. The number of sulfonamides is 1. The van der Waals surface area contributed by atoms with E-state index < -0.39 is 34.3 Å². The standard InChI is InChI=1S/C36H40FN3O5S/c1-5-27(3)38-36(42)34(23-28-11-7-6-8-12-28)39(24-29-13-9-10-26(2)22-29)35(41)25-40(31-16-14-30(37)15-17-31)46(43,44)33-20-18-32(45-4)19-21-33/h6-22,27,34H,5,23-25H2,1-4H3,(H,38,42). The van der Waals surface area contributed by atoms with Gasteiger partial charge < -0.3 is 15.0 Å². The van der Waals surface area contributed by atoms with Crippen molar-refractivity contribution in [3.8, 4) is 5.75 Å². The van der Waals surface area contributed by atoms with Gasteiger partial charge in [0, 0.05) is 19.0 Å². The Bertz CT molecular complexity index is 1720. The second kappa shape index (κ2) is 15.5. The molecule has 0 radical (unpaired) electrons. The molecule has 0 saturated carbocycles. The van der Waals surface area contributed by atoms with Gasteiger partial charge in [-0.05, 0) is 79.9 Å². The lowest BCUT2D eigenvalue weighted by molar-refractivity contribution is -0.140. The SMILES string of the molecule is CCC(C)NC(=O)C(Cc1ccccc1)N(Cc1cccc(C)c1)C(=O)CN(c1ccc(F)cc1)S(=O)(=O)c1ccc(OC)cc1. The fourth-order valence-electron chi connectivity index (χ4n) is 5.01. The van der Waals surface area contributed by atoms with Crippen LogP contribution in [0.25, 0.3) is 0 Å². The van der Waals surface area contributed by atoms with Crippen LogP contribution in [0.15, 0.2) is 108 Å². The number of nitrogens with zero attached hydrogens (tertiary/aromatic N) is 2. The first kappa shape index (κ1) is 34.2. The molecule has 4 aromatic rings. The number of aryl methyl sites for hydroxylation is 1.